The molecular weight excluding hydrogens is 361 g/mol. The lowest BCUT2D eigenvalue weighted by Gasteiger charge is -2.06. The number of aromatic amines is 1. The molecule has 0 fully saturated rings. The van der Waals surface area contributed by atoms with Gasteiger partial charge in [-0.1, -0.05) is 30.3 Å². The number of rotatable bonds is 2. The van der Waals surface area contributed by atoms with Gasteiger partial charge in [-0.05, 0) is 54.1 Å². The minimum absolute atomic E-state index is 0.0908. The second-order valence-corrected chi connectivity index (χ2v) is 6.01. The van der Waals surface area contributed by atoms with Crippen LogP contribution in [-0.2, 0) is 0 Å². The lowest BCUT2D eigenvalue weighted by atomic mass is 9.99. The topological polar surface area (TPSA) is 32.9 Å². The first-order valence-electron chi connectivity index (χ1n) is 6.46. The summed E-state index contributed by atoms with van der Waals surface area (Å²) in [4.78, 5) is 16.2. The van der Waals surface area contributed by atoms with Crippen molar-refractivity contribution < 1.29 is 4.79 Å². The molecule has 0 unspecified atom stereocenters. The molecule has 100 valence electrons. The second kappa shape index (κ2) is 5.05. The fourth-order valence-electron chi connectivity index (χ4n) is 2.53. The Morgan fingerprint density at radius 2 is 1.80 bits per heavy atom. The van der Waals surface area contributed by atoms with Crippen LogP contribution in [0.2, 0.25) is 0 Å². The highest BCUT2D eigenvalue weighted by molar-refractivity contribution is 14.1. The molecule has 0 spiro atoms. The van der Waals surface area contributed by atoms with E-state index in [4.69, 9.17) is 0 Å². The van der Waals surface area contributed by atoms with Gasteiger partial charge in [0.25, 0.3) is 0 Å². The Kier molecular flexibility index (Phi) is 3.38. The molecule has 0 aliphatic heterocycles. The van der Waals surface area contributed by atoms with E-state index in [1.54, 1.807) is 0 Å². The van der Waals surface area contributed by atoms with Crippen molar-refractivity contribution in [3.63, 3.8) is 0 Å². The summed E-state index contributed by atoms with van der Waals surface area (Å²) in [7, 11) is 0. The van der Waals surface area contributed by atoms with Crippen LogP contribution in [0.15, 0.2) is 42.5 Å². The van der Waals surface area contributed by atoms with Crippen LogP contribution < -0.4 is 0 Å². The van der Waals surface area contributed by atoms with Crippen molar-refractivity contribution in [2.45, 2.75) is 13.8 Å². The minimum Gasteiger partial charge on any atom is -0.358 e. The molecule has 20 heavy (non-hydrogen) atoms. The number of halogens is 1. The number of para-hydroxylation sites is 1. The van der Waals surface area contributed by atoms with E-state index in [9.17, 15) is 4.79 Å². The lowest BCUT2D eigenvalue weighted by molar-refractivity contribution is 0.103. The van der Waals surface area contributed by atoms with Crippen LogP contribution in [-0.4, -0.2) is 10.8 Å². The number of aromatic nitrogens is 1. The maximum Gasteiger partial charge on any atom is 0.196 e. The molecule has 1 heterocycles. The molecule has 3 heteroatoms. The fraction of sp³-hybridized carbons (Fsp3) is 0.118. The zero-order chi connectivity index (χ0) is 14.3. The number of nitrogens with one attached hydrogen (secondary N) is 1. The fourth-order valence-corrected chi connectivity index (χ4v) is 3.13. The number of carbonyl (C=O) groups excluding carboxylic acids is 1. The van der Waals surface area contributed by atoms with Crippen LogP contribution in [0.1, 0.15) is 27.2 Å². The number of ketones is 1. The average Bonchev–Trinajstić information content (AvgIpc) is 2.77. The highest BCUT2D eigenvalue weighted by Crippen LogP contribution is 2.27. The quantitative estimate of drug-likeness (QED) is 0.515. The van der Waals surface area contributed by atoms with Crippen molar-refractivity contribution in [3.05, 3.63) is 68.4 Å². The summed E-state index contributed by atoms with van der Waals surface area (Å²) in [6, 6.07) is 13.8. The molecule has 0 radical (unpaired) electrons. The van der Waals surface area contributed by atoms with E-state index in [1.807, 2.05) is 56.3 Å². The van der Waals surface area contributed by atoms with Gasteiger partial charge in [0.1, 0.15) is 0 Å². The third-order valence-electron chi connectivity index (χ3n) is 3.56. The third-order valence-corrected chi connectivity index (χ3v) is 4.99. The maximum absolute atomic E-state index is 12.9. The van der Waals surface area contributed by atoms with E-state index in [0.717, 1.165) is 36.9 Å². The van der Waals surface area contributed by atoms with Gasteiger partial charge in [0, 0.05) is 25.7 Å². The van der Waals surface area contributed by atoms with Gasteiger partial charge in [-0.3, -0.25) is 4.79 Å². The van der Waals surface area contributed by atoms with E-state index in [1.165, 1.54) is 0 Å². The Balaban J connectivity index is 2.23. The molecule has 1 N–H and O–H groups in total. The van der Waals surface area contributed by atoms with Gasteiger partial charge in [-0.2, -0.15) is 0 Å². The number of fused-ring (bicyclic) bond motifs is 1. The van der Waals surface area contributed by atoms with E-state index >= 15 is 0 Å². The highest BCUT2D eigenvalue weighted by atomic mass is 127. The third kappa shape index (κ3) is 2.06. The molecule has 0 amide bonds. The number of benzene rings is 2. The Morgan fingerprint density at radius 1 is 1.05 bits per heavy atom. The molecule has 0 bridgehead atoms. The van der Waals surface area contributed by atoms with Gasteiger partial charge in [-0.15, -0.1) is 0 Å². The van der Waals surface area contributed by atoms with Gasteiger partial charge in [0.2, 0.25) is 0 Å². The molecule has 0 saturated carbocycles. The molecule has 0 atom stereocenters. The Labute approximate surface area is 131 Å². The summed E-state index contributed by atoms with van der Waals surface area (Å²) in [5, 5.41) is 0.993. The zero-order valence-corrected chi connectivity index (χ0v) is 13.5. The first-order valence-corrected chi connectivity index (χ1v) is 7.54. The first kappa shape index (κ1) is 13.4. The van der Waals surface area contributed by atoms with Crippen molar-refractivity contribution in [3.8, 4) is 0 Å². The SMILES string of the molecule is Cc1cccc(C(=O)c2c(C)[nH]c3ccccc23)c1I. The number of hydrogen-bond donors (Lipinski definition) is 1. The van der Waals surface area contributed by atoms with Gasteiger partial charge in [0.05, 0.1) is 5.56 Å². The summed E-state index contributed by atoms with van der Waals surface area (Å²) < 4.78 is 1.03. The molecule has 0 aliphatic carbocycles. The monoisotopic (exact) mass is 375 g/mol. The zero-order valence-electron chi connectivity index (χ0n) is 11.3. The molecule has 3 rings (SSSR count). The number of aryl methyl sites for hydroxylation is 2. The highest BCUT2D eigenvalue weighted by Gasteiger charge is 2.19. The number of carbonyl (C=O) groups is 1. The van der Waals surface area contributed by atoms with E-state index in [2.05, 4.69) is 27.6 Å². The van der Waals surface area contributed by atoms with Crippen LogP contribution >= 0.6 is 22.6 Å². The second-order valence-electron chi connectivity index (χ2n) is 4.94. The van der Waals surface area contributed by atoms with Crippen LogP contribution in [0, 0.1) is 17.4 Å². The molecule has 3 aromatic rings. The molecule has 0 aliphatic rings. The minimum atomic E-state index is 0.0908. The van der Waals surface area contributed by atoms with Crippen LogP contribution in [0.3, 0.4) is 0 Å². The van der Waals surface area contributed by atoms with Gasteiger partial charge in [-0.25, -0.2) is 0 Å². The predicted molar refractivity (Wildman–Crippen MR) is 90.4 cm³/mol. The van der Waals surface area contributed by atoms with Gasteiger partial charge < -0.3 is 4.98 Å². The largest absolute Gasteiger partial charge is 0.358 e. The average molecular weight is 375 g/mol. The number of H-pyrrole nitrogens is 1. The molecule has 1 aromatic heterocycles. The Hall–Kier alpha value is -1.62. The van der Waals surface area contributed by atoms with Crippen LogP contribution in [0.5, 0.6) is 0 Å². The van der Waals surface area contributed by atoms with Crippen LogP contribution in [0.25, 0.3) is 10.9 Å². The normalized spacial score (nSPS) is 10.9. The molecular formula is C17H14INO. The van der Waals surface area contributed by atoms with E-state index < -0.39 is 0 Å². The van der Waals surface area contributed by atoms with Crippen molar-refractivity contribution in [1.29, 1.82) is 0 Å². The van der Waals surface area contributed by atoms with E-state index in [-0.39, 0.29) is 5.78 Å². The van der Waals surface area contributed by atoms with Gasteiger partial charge >= 0.3 is 0 Å². The maximum atomic E-state index is 12.9. The summed E-state index contributed by atoms with van der Waals surface area (Å²) in [6.45, 7) is 3.98. The van der Waals surface area contributed by atoms with Crippen molar-refractivity contribution in [2.24, 2.45) is 0 Å². The standard InChI is InChI=1S/C17H14INO/c1-10-6-5-8-13(16(10)18)17(20)15-11(2)19-14-9-4-3-7-12(14)15/h3-9,19H,1-2H3. The van der Waals surface area contributed by atoms with E-state index in [0.29, 0.717) is 0 Å². The molecule has 2 nitrogen and oxygen atoms in total. The predicted octanol–water partition coefficient (Wildman–Crippen LogP) is 4.62. The Bertz CT molecular complexity index is 817. The van der Waals surface area contributed by atoms with Crippen molar-refractivity contribution in [1.82, 2.24) is 4.98 Å². The summed E-state index contributed by atoms with van der Waals surface area (Å²) in [5.41, 5.74) is 4.63. The van der Waals surface area contributed by atoms with Crippen LogP contribution in [0.4, 0.5) is 0 Å². The summed E-state index contributed by atoms with van der Waals surface area (Å²) in [5.74, 6) is 0.0908. The smallest absolute Gasteiger partial charge is 0.196 e. The van der Waals surface area contributed by atoms with Crippen molar-refractivity contribution in [2.75, 3.05) is 0 Å². The summed E-state index contributed by atoms with van der Waals surface area (Å²) in [6.07, 6.45) is 0. The molecule has 2 aromatic carbocycles. The Morgan fingerprint density at radius 3 is 2.60 bits per heavy atom. The summed E-state index contributed by atoms with van der Waals surface area (Å²) >= 11 is 2.25. The number of hydrogen-bond acceptors (Lipinski definition) is 1. The van der Waals surface area contributed by atoms with Gasteiger partial charge in [0.15, 0.2) is 5.78 Å². The van der Waals surface area contributed by atoms with Crippen molar-refractivity contribution >= 4 is 39.3 Å². The molecule has 0 saturated heterocycles. The lowest BCUT2D eigenvalue weighted by Crippen LogP contribution is -2.05. The first-order chi connectivity index (χ1) is 9.59.